The zero-order valence-electron chi connectivity index (χ0n) is 15.1. The molecular weight excluding hydrogens is 386 g/mol. The molecule has 0 spiro atoms. The molecule has 146 valence electrons. The number of hydrogen-bond donors (Lipinski definition) is 2. The van der Waals surface area contributed by atoms with Crippen LogP contribution in [0.15, 0.2) is 35.8 Å². The largest absolute Gasteiger partial charge is 0.381 e. The second-order valence-electron chi connectivity index (χ2n) is 6.67. The van der Waals surface area contributed by atoms with Crippen molar-refractivity contribution in [3.05, 3.63) is 41.4 Å². The number of aromatic nitrogens is 1. The third-order valence-corrected chi connectivity index (χ3v) is 5.78. The van der Waals surface area contributed by atoms with Gasteiger partial charge in [0.1, 0.15) is 0 Å². The Bertz CT molecular complexity index is 862. The summed E-state index contributed by atoms with van der Waals surface area (Å²) in [4.78, 5) is 17.1. The maximum Gasteiger partial charge on any atom is 0.233 e. The van der Waals surface area contributed by atoms with Crippen molar-refractivity contribution in [1.29, 1.82) is 0 Å². The fourth-order valence-electron chi connectivity index (χ4n) is 3.22. The number of benzene rings is 1. The van der Waals surface area contributed by atoms with Crippen LogP contribution in [0.1, 0.15) is 30.7 Å². The molecule has 1 aliphatic heterocycles. The molecule has 1 aromatic carbocycles. The first-order chi connectivity index (χ1) is 12.9. The van der Waals surface area contributed by atoms with Crippen LogP contribution in [0.2, 0.25) is 0 Å². The molecule has 1 aromatic heterocycles. The van der Waals surface area contributed by atoms with Crippen LogP contribution in [0.25, 0.3) is 0 Å². The average Bonchev–Trinajstić information content (AvgIpc) is 3.12. The Hall–Kier alpha value is -1.97. The Morgan fingerprint density at radius 3 is 2.81 bits per heavy atom. The Kier molecular flexibility index (Phi) is 6.46. The number of anilines is 2. The number of thiazole rings is 1. The van der Waals surface area contributed by atoms with Crippen molar-refractivity contribution in [2.75, 3.05) is 29.5 Å². The topological polar surface area (TPSA) is 97.4 Å². The monoisotopic (exact) mass is 409 g/mol. The summed E-state index contributed by atoms with van der Waals surface area (Å²) in [7, 11) is -3.38. The molecule has 0 aliphatic carbocycles. The third-order valence-electron chi connectivity index (χ3n) is 4.48. The number of rotatable bonds is 7. The maximum absolute atomic E-state index is 13.0. The molecule has 2 N–H and O–H groups in total. The third kappa shape index (κ3) is 6.02. The van der Waals surface area contributed by atoms with Gasteiger partial charge in [0.2, 0.25) is 15.9 Å². The van der Waals surface area contributed by atoms with E-state index in [2.05, 4.69) is 15.0 Å². The molecule has 7 nitrogen and oxygen atoms in total. The van der Waals surface area contributed by atoms with Gasteiger partial charge in [0.05, 0.1) is 12.2 Å². The van der Waals surface area contributed by atoms with Gasteiger partial charge in [-0.15, -0.1) is 11.3 Å². The molecule has 0 saturated carbocycles. The van der Waals surface area contributed by atoms with Crippen LogP contribution >= 0.6 is 11.3 Å². The fraction of sp³-hybridized carbons (Fsp3) is 0.444. The predicted molar refractivity (Wildman–Crippen MR) is 107 cm³/mol. The van der Waals surface area contributed by atoms with E-state index in [4.69, 9.17) is 4.74 Å². The summed E-state index contributed by atoms with van der Waals surface area (Å²) in [5.74, 6) is -0.136. The van der Waals surface area contributed by atoms with E-state index in [1.807, 2.05) is 6.07 Å². The van der Waals surface area contributed by atoms with Crippen molar-refractivity contribution < 1.29 is 17.9 Å². The van der Waals surface area contributed by atoms with E-state index in [1.54, 1.807) is 29.8 Å². The Labute approximate surface area is 163 Å². The van der Waals surface area contributed by atoms with Gasteiger partial charge in [0.25, 0.3) is 0 Å². The van der Waals surface area contributed by atoms with Gasteiger partial charge in [-0.25, -0.2) is 13.4 Å². The number of sulfonamides is 1. The predicted octanol–water partition coefficient (Wildman–Crippen LogP) is 3.05. The zero-order chi connectivity index (χ0) is 19.3. The van der Waals surface area contributed by atoms with Gasteiger partial charge in [0, 0.05) is 30.5 Å². The number of ether oxygens (including phenoxy) is 1. The first-order valence-electron chi connectivity index (χ1n) is 8.76. The summed E-state index contributed by atoms with van der Waals surface area (Å²) in [6.07, 6.45) is 5.27. The molecule has 1 atom stereocenters. The minimum atomic E-state index is -3.38. The lowest BCUT2D eigenvalue weighted by Crippen LogP contribution is -2.26. The standard InChI is InChI=1S/C18H23N3O4S2/c1-27(23,24)21-15-4-2-3-14(12-15)16(11-13-5-8-25-9-6-13)17(22)20-18-19-7-10-26-18/h2-4,7,10,12-13,16,21H,5-6,8-9,11H2,1H3,(H,19,20,22). The molecule has 1 aliphatic rings. The van der Waals surface area contributed by atoms with Gasteiger partial charge < -0.3 is 10.1 Å². The van der Waals surface area contributed by atoms with E-state index in [1.165, 1.54) is 11.3 Å². The molecule has 2 heterocycles. The van der Waals surface area contributed by atoms with Gasteiger partial charge in [-0.2, -0.15) is 0 Å². The summed E-state index contributed by atoms with van der Waals surface area (Å²) in [6, 6.07) is 7.02. The van der Waals surface area contributed by atoms with Crippen molar-refractivity contribution in [3.8, 4) is 0 Å². The Balaban J connectivity index is 1.83. The maximum atomic E-state index is 13.0. The van der Waals surface area contributed by atoms with E-state index in [9.17, 15) is 13.2 Å². The van der Waals surface area contributed by atoms with Gasteiger partial charge in [-0.1, -0.05) is 12.1 Å². The Morgan fingerprint density at radius 1 is 1.37 bits per heavy atom. The van der Waals surface area contributed by atoms with Crippen molar-refractivity contribution >= 4 is 38.1 Å². The SMILES string of the molecule is CS(=O)(=O)Nc1cccc(C(CC2CCOCC2)C(=O)Nc2nccs2)c1. The number of nitrogens with zero attached hydrogens (tertiary/aromatic N) is 1. The highest BCUT2D eigenvalue weighted by Gasteiger charge is 2.27. The molecule has 27 heavy (non-hydrogen) atoms. The highest BCUT2D eigenvalue weighted by molar-refractivity contribution is 7.92. The van der Waals surface area contributed by atoms with E-state index in [0.29, 0.717) is 36.4 Å². The van der Waals surface area contributed by atoms with E-state index in [-0.39, 0.29) is 5.91 Å². The number of nitrogens with one attached hydrogen (secondary N) is 2. The van der Waals surface area contributed by atoms with Crippen molar-refractivity contribution in [1.82, 2.24) is 4.98 Å². The molecule has 9 heteroatoms. The molecular formula is C18H23N3O4S2. The summed E-state index contributed by atoms with van der Waals surface area (Å²) in [5.41, 5.74) is 1.23. The second kappa shape index (κ2) is 8.81. The highest BCUT2D eigenvalue weighted by atomic mass is 32.2. The van der Waals surface area contributed by atoms with Crippen LogP contribution in [0, 0.1) is 5.92 Å². The number of hydrogen-bond acceptors (Lipinski definition) is 6. The van der Waals surface area contributed by atoms with Crippen molar-refractivity contribution in [2.45, 2.75) is 25.2 Å². The molecule has 1 saturated heterocycles. The summed E-state index contributed by atoms with van der Waals surface area (Å²) in [6.45, 7) is 1.42. The van der Waals surface area contributed by atoms with Gasteiger partial charge >= 0.3 is 0 Å². The minimum Gasteiger partial charge on any atom is -0.381 e. The average molecular weight is 410 g/mol. The second-order valence-corrected chi connectivity index (χ2v) is 9.31. The van der Waals surface area contributed by atoms with Crippen LogP contribution in [-0.4, -0.2) is 38.8 Å². The minimum absolute atomic E-state index is 0.132. The first kappa shape index (κ1) is 19.8. The number of carbonyl (C=O) groups excluding carboxylic acids is 1. The van der Waals surface area contributed by atoms with E-state index >= 15 is 0 Å². The number of carbonyl (C=O) groups is 1. The normalized spacial score (nSPS) is 16.6. The van der Waals surface area contributed by atoms with Crippen LogP contribution in [-0.2, 0) is 19.6 Å². The molecule has 0 bridgehead atoms. The summed E-state index contributed by atoms with van der Waals surface area (Å²) in [5, 5.41) is 5.24. The van der Waals surface area contributed by atoms with Crippen LogP contribution in [0.5, 0.6) is 0 Å². The van der Waals surface area contributed by atoms with Gasteiger partial charge in [-0.3, -0.25) is 9.52 Å². The van der Waals surface area contributed by atoms with Crippen LogP contribution in [0.4, 0.5) is 10.8 Å². The summed E-state index contributed by atoms with van der Waals surface area (Å²) >= 11 is 1.37. The Morgan fingerprint density at radius 2 is 2.15 bits per heavy atom. The van der Waals surface area contributed by atoms with E-state index in [0.717, 1.165) is 24.7 Å². The first-order valence-corrected chi connectivity index (χ1v) is 11.5. The molecule has 1 amide bonds. The zero-order valence-corrected chi connectivity index (χ0v) is 16.7. The van der Waals surface area contributed by atoms with E-state index < -0.39 is 15.9 Å². The van der Waals surface area contributed by atoms with Gasteiger partial charge in [0.15, 0.2) is 5.13 Å². The molecule has 3 rings (SSSR count). The number of amides is 1. The highest BCUT2D eigenvalue weighted by Crippen LogP contribution is 2.32. The molecule has 0 radical (unpaired) electrons. The van der Waals surface area contributed by atoms with Gasteiger partial charge in [-0.05, 0) is 42.9 Å². The summed E-state index contributed by atoms with van der Waals surface area (Å²) < 4.78 is 31.0. The fourth-order valence-corrected chi connectivity index (χ4v) is 4.31. The molecule has 1 unspecified atom stereocenters. The van der Waals surface area contributed by atoms with Crippen LogP contribution < -0.4 is 10.0 Å². The lowest BCUT2D eigenvalue weighted by atomic mass is 9.84. The lowest BCUT2D eigenvalue weighted by molar-refractivity contribution is -0.118. The molecule has 2 aromatic rings. The quantitative estimate of drug-likeness (QED) is 0.732. The van der Waals surface area contributed by atoms with Crippen molar-refractivity contribution in [3.63, 3.8) is 0 Å². The lowest BCUT2D eigenvalue weighted by Gasteiger charge is -2.26. The smallest absolute Gasteiger partial charge is 0.233 e. The molecule has 1 fully saturated rings. The van der Waals surface area contributed by atoms with Crippen molar-refractivity contribution in [2.24, 2.45) is 5.92 Å². The van der Waals surface area contributed by atoms with Crippen LogP contribution in [0.3, 0.4) is 0 Å².